The van der Waals surface area contributed by atoms with Crippen LogP contribution in [0.4, 0.5) is 5.69 Å². The number of rotatable bonds is 2. The van der Waals surface area contributed by atoms with Gasteiger partial charge in [-0.1, -0.05) is 23.2 Å². The van der Waals surface area contributed by atoms with Gasteiger partial charge in [-0.05, 0) is 25.0 Å². The van der Waals surface area contributed by atoms with Gasteiger partial charge in [0.25, 0.3) is 0 Å². The molecule has 102 valence electrons. The molecule has 1 fully saturated rings. The number of pyridine rings is 1. The molecule has 0 aromatic carbocycles. The van der Waals surface area contributed by atoms with Gasteiger partial charge >= 0.3 is 0 Å². The van der Waals surface area contributed by atoms with Crippen LogP contribution >= 0.6 is 23.2 Å². The number of nitrogens with one attached hydrogen (secondary N) is 2. The van der Waals surface area contributed by atoms with Crippen LogP contribution in [0.3, 0.4) is 0 Å². The number of carbonyl (C=O) groups is 2. The third-order valence-electron chi connectivity index (χ3n) is 3.03. The van der Waals surface area contributed by atoms with Crippen LogP contribution in [0.2, 0.25) is 10.3 Å². The predicted molar refractivity (Wildman–Crippen MR) is 73.4 cm³/mol. The number of hydrogen-bond acceptors (Lipinski definition) is 3. The smallest absolute Gasteiger partial charge is 0.229 e. The van der Waals surface area contributed by atoms with Gasteiger partial charge in [-0.15, -0.1) is 0 Å². The van der Waals surface area contributed by atoms with E-state index >= 15 is 0 Å². The van der Waals surface area contributed by atoms with Gasteiger partial charge in [0.05, 0.1) is 11.6 Å². The van der Waals surface area contributed by atoms with Crippen molar-refractivity contribution in [2.45, 2.75) is 19.8 Å². The molecule has 0 radical (unpaired) electrons. The van der Waals surface area contributed by atoms with E-state index in [1.54, 1.807) is 13.0 Å². The van der Waals surface area contributed by atoms with Crippen molar-refractivity contribution in [3.8, 4) is 0 Å². The van der Waals surface area contributed by atoms with Crippen molar-refractivity contribution in [3.63, 3.8) is 0 Å². The van der Waals surface area contributed by atoms with Crippen molar-refractivity contribution in [3.05, 3.63) is 21.9 Å². The molecule has 7 heteroatoms. The number of piperidine rings is 1. The summed E-state index contributed by atoms with van der Waals surface area (Å²) in [4.78, 5) is 27.0. The fraction of sp³-hybridized carbons (Fsp3) is 0.417. The van der Waals surface area contributed by atoms with Crippen molar-refractivity contribution in [1.29, 1.82) is 0 Å². The summed E-state index contributed by atoms with van der Waals surface area (Å²) in [7, 11) is 0. The molecule has 1 aromatic rings. The Bertz CT molecular complexity index is 501. The maximum Gasteiger partial charge on any atom is 0.229 e. The summed E-state index contributed by atoms with van der Waals surface area (Å²) in [6.07, 6.45) is 0.902. The van der Waals surface area contributed by atoms with Gasteiger partial charge < -0.3 is 10.6 Å². The summed E-state index contributed by atoms with van der Waals surface area (Å²) in [5.41, 5.74) is 1.21. The van der Waals surface area contributed by atoms with Gasteiger partial charge in [0, 0.05) is 13.0 Å². The molecule has 19 heavy (non-hydrogen) atoms. The molecule has 0 aliphatic carbocycles. The van der Waals surface area contributed by atoms with Crippen LogP contribution in [-0.4, -0.2) is 23.3 Å². The normalized spacial score (nSPS) is 18.9. The van der Waals surface area contributed by atoms with Crippen molar-refractivity contribution < 1.29 is 9.59 Å². The lowest BCUT2D eigenvalue weighted by atomic mass is 9.98. The van der Waals surface area contributed by atoms with Crippen molar-refractivity contribution >= 4 is 40.7 Å². The van der Waals surface area contributed by atoms with E-state index < -0.39 is 0 Å². The number of halogens is 2. The van der Waals surface area contributed by atoms with Gasteiger partial charge in [0.2, 0.25) is 11.8 Å². The molecule has 0 saturated carbocycles. The number of nitrogens with zero attached hydrogens (tertiary/aromatic N) is 1. The molecule has 5 nitrogen and oxygen atoms in total. The van der Waals surface area contributed by atoms with Gasteiger partial charge in [-0.3, -0.25) is 9.59 Å². The lowest BCUT2D eigenvalue weighted by Crippen LogP contribution is -2.40. The Morgan fingerprint density at radius 3 is 2.84 bits per heavy atom. The van der Waals surface area contributed by atoms with E-state index in [2.05, 4.69) is 15.6 Å². The van der Waals surface area contributed by atoms with Gasteiger partial charge in [0.15, 0.2) is 5.15 Å². The van der Waals surface area contributed by atoms with E-state index in [1.807, 2.05) is 0 Å². The molecule has 2 rings (SSSR count). The number of hydrogen-bond donors (Lipinski definition) is 2. The molecule has 2 amide bonds. The number of aromatic nitrogens is 1. The zero-order valence-electron chi connectivity index (χ0n) is 10.3. The number of aryl methyl sites for hydroxylation is 1. The molecular formula is C12H13Cl2N3O2. The van der Waals surface area contributed by atoms with Crippen LogP contribution in [0, 0.1) is 12.8 Å². The molecule has 2 N–H and O–H groups in total. The van der Waals surface area contributed by atoms with Crippen LogP contribution in [0.15, 0.2) is 6.07 Å². The minimum Gasteiger partial charge on any atom is -0.355 e. The lowest BCUT2D eigenvalue weighted by Gasteiger charge is -2.22. The summed E-state index contributed by atoms with van der Waals surface area (Å²) in [5, 5.41) is 5.86. The third-order valence-corrected chi connectivity index (χ3v) is 3.49. The molecule has 1 atom stereocenters. The fourth-order valence-corrected chi connectivity index (χ4v) is 2.51. The summed E-state index contributed by atoms with van der Waals surface area (Å²) in [5.74, 6) is -0.440. The summed E-state index contributed by atoms with van der Waals surface area (Å²) < 4.78 is 0. The largest absolute Gasteiger partial charge is 0.355 e. The van der Waals surface area contributed by atoms with Crippen LogP contribution in [0.5, 0.6) is 0 Å². The van der Waals surface area contributed by atoms with E-state index in [4.69, 9.17) is 23.2 Å². The molecule has 0 spiro atoms. The van der Waals surface area contributed by atoms with E-state index in [0.717, 1.165) is 5.56 Å². The first-order chi connectivity index (χ1) is 8.97. The monoisotopic (exact) mass is 301 g/mol. The van der Waals surface area contributed by atoms with E-state index in [9.17, 15) is 9.59 Å². The highest BCUT2D eigenvalue weighted by Gasteiger charge is 2.25. The van der Waals surface area contributed by atoms with Crippen LogP contribution in [0.25, 0.3) is 0 Å². The second-order valence-corrected chi connectivity index (χ2v) is 5.20. The molecule has 2 heterocycles. The quantitative estimate of drug-likeness (QED) is 0.822. The maximum absolute atomic E-state index is 12.1. The lowest BCUT2D eigenvalue weighted by molar-refractivity contribution is -0.126. The Kier molecular flexibility index (Phi) is 4.27. The van der Waals surface area contributed by atoms with Gasteiger partial charge in [0.1, 0.15) is 5.15 Å². The Balaban J connectivity index is 2.09. The molecule has 1 saturated heterocycles. The Hall–Kier alpha value is -1.33. The molecular weight excluding hydrogens is 289 g/mol. The van der Waals surface area contributed by atoms with Crippen molar-refractivity contribution in [2.75, 3.05) is 11.9 Å². The van der Waals surface area contributed by atoms with Crippen LogP contribution in [-0.2, 0) is 9.59 Å². The highest BCUT2D eigenvalue weighted by molar-refractivity contribution is 6.34. The second-order valence-electron chi connectivity index (χ2n) is 4.46. The number of anilines is 1. The first-order valence-corrected chi connectivity index (χ1v) is 6.63. The summed E-state index contributed by atoms with van der Waals surface area (Å²) in [6.45, 7) is 2.14. The Labute approximate surface area is 120 Å². The summed E-state index contributed by atoms with van der Waals surface area (Å²) >= 11 is 11.7. The zero-order chi connectivity index (χ0) is 14.0. The van der Waals surface area contributed by atoms with E-state index in [0.29, 0.717) is 25.1 Å². The first kappa shape index (κ1) is 14.1. The average molecular weight is 302 g/mol. The van der Waals surface area contributed by atoms with Crippen molar-refractivity contribution in [1.82, 2.24) is 10.3 Å². The highest BCUT2D eigenvalue weighted by Crippen LogP contribution is 2.27. The SMILES string of the molecule is Cc1cc(Cl)nc(Cl)c1NC(=O)C1CCC(=O)NC1. The van der Waals surface area contributed by atoms with Crippen LogP contribution in [0.1, 0.15) is 18.4 Å². The predicted octanol–water partition coefficient (Wildman–Crippen LogP) is 2.16. The highest BCUT2D eigenvalue weighted by atomic mass is 35.5. The summed E-state index contributed by atoms with van der Waals surface area (Å²) in [6, 6.07) is 1.63. The van der Waals surface area contributed by atoms with Gasteiger partial charge in [-0.2, -0.15) is 0 Å². The zero-order valence-corrected chi connectivity index (χ0v) is 11.8. The molecule has 1 unspecified atom stereocenters. The first-order valence-electron chi connectivity index (χ1n) is 5.87. The minimum absolute atomic E-state index is 0.0218. The fourth-order valence-electron chi connectivity index (χ4n) is 1.93. The second kappa shape index (κ2) is 5.75. The maximum atomic E-state index is 12.1. The number of amides is 2. The van der Waals surface area contributed by atoms with Crippen LogP contribution < -0.4 is 10.6 Å². The Morgan fingerprint density at radius 2 is 2.26 bits per heavy atom. The minimum atomic E-state index is -0.246. The topological polar surface area (TPSA) is 71.1 Å². The van der Waals surface area contributed by atoms with Crippen molar-refractivity contribution in [2.24, 2.45) is 5.92 Å². The molecule has 1 aliphatic heterocycles. The standard InChI is InChI=1S/C12H13Cl2N3O2/c1-6-4-8(13)16-11(14)10(6)17-12(19)7-2-3-9(18)15-5-7/h4,7H,2-3,5H2,1H3,(H,15,18)(H,17,19). The average Bonchev–Trinajstić information content (AvgIpc) is 2.34. The number of carbonyl (C=O) groups excluding carboxylic acids is 2. The molecule has 1 aliphatic rings. The molecule has 0 bridgehead atoms. The van der Waals surface area contributed by atoms with E-state index in [-0.39, 0.29) is 28.0 Å². The van der Waals surface area contributed by atoms with E-state index in [1.165, 1.54) is 0 Å². The Morgan fingerprint density at radius 1 is 1.53 bits per heavy atom. The van der Waals surface area contributed by atoms with Gasteiger partial charge in [-0.25, -0.2) is 4.98 Å². The third kappa shape index (κ3) is 3.36. The molecule has 1 aromatic heterocycles.